The van der Waals surface area contributed by atoms with Crippen molar-refractivity contribution in [3.63, 3.8) is 0 Å². The Labute approximate surface area is 179 Å². The minimum absolute atomic E-state index is 0.112. The van der Waals surface area contributed by atoms with E-state index in [2.05, 4.69) is 43.3 Å². The molecule has 2 nitrogen and oxygen atoms in total. The summed E-state index contributed by atoms with van der Waals surface area (Å²) in [6.07, 6.45) is 5.07. The molecule has 0 radical (unpaired) electrons. The van der Waals surface area contributed by atoms with Gasteiger partial charge in [-0.25, -0.2) is 0 Å². The summed E-state index contributed by atoms with van der Waals surface area (Å²) in [6, 6.07) is 26.3. The second-order valence-corrected chi connectivity index (χ2v) is 7.79. The zero-order valence-electron chi connectivity index (χ0n) is 17.6. The van der Waals surface area contributed by atoms with E-state index in [9.17, 15) is 4.79 Å². The molecule has 0 saturated heterocycles. The average molecular weight is 397 g/mol. The molecule has 0 bridgehead atoms. The number of rotatable bonds is 8. The molecule has 1 aliphatic carbocycles. The summed E-state index contributed by atoms with van der Waals surface area (Å²) in [5, 5.41) is 0. The van der Waals surface area contributed by atoms with Gasteiger partial charge in [-0.15, -0.1) is 0 Å². The van der Waals surface area contributed by atoms with Gasteiger partial charge in [0, 0.05) is 11.1 Å². The van der Waals surface area contributed by atoms with E-state index >= 15 is 0 Å². The number of ether oxygens (including phenoxy) is 1. The Morgan fingerprint density at radius 2 is 1.57 bits per heavy atom. The third kappa shape index (κ3) is 4.38. The summed E-state index contributed by atoms with van der Waals surface area (Å²) in [5.41, 5.74) is 6.28. The van der Waals surface area contributed by atoms with Crippen molar-refractivity contribution in [3.05, 3.63) is 107 Å². The van der Waals surface area contributed by atoms with Crippen LogP contribution >= 0.6 is 0 Å². The Kier molecular flexibility index (Phi) is 6.44. The average Bonchev–Trinajstić information content (AvgIpc) is 2.81. The molecule has 30 heavy (non-hydrogen) atoms. The molecule has 0 aromatic heterocycles. The van der Waals surface area contributed by atoms with Crippen molar-refractivity contribution in [2.75, 3.05) is 6.61 Å². The molecule has 3 aromatic rings. The molecule has 0 fully saturated rings. The van der Waals surface area contributed by atoms with Crippen LogP contribution in [0.1, 0.15) is 59.7 Å². The van der Waals surface area contributed by atoms with Crippen LogP contribution in [0.4, 0.5) is 0 Å². The molecule has 0 heterocycles. The highest BCUT2D eigenvalue weighted by Gasteiger charge is 2.25. The van der Waals surface area contributed by atoms with E-state index in [4.69, 9.17) is 4.74 Å². The molecule has 0 saturated carbocycles. The molecule has 0 unspecified atom stereocenters. The molecule has 0 atom stereocenters. The van der Waals surface area contributed by atoms with Gasteiger partial charge >= 0.3 is 0 Å². The normalized spacial score (nSPS) is 13.1. The molecule has 152 valence electrons. The van der Waals surface area contributed by atoms with Gasteiger partial charge in [0.05, 0.1) is 6.61 Å². The van der Waals surface area contributed by atoms with E-state index in [1.807, 2.05) is 42.5 Å². The van der Waals surface area contributed by atoms with Crippen LogP contribution in [0.3, 0.4) is 0 Å². The number of carbonyl (C=O) groups excluding carboxylic acids is 1. The van der Waals surface area contributed by atoms with Crippen LogP contribution in [0.2, 0.25) is 0 Å². The Hall–Kier alpha value is -3.13. The first kappa shape index (κ1) is 20.2. The van der Waals surface area contributed by atoms with Crippen LogP contribution in [-0.4, -0.2) is 12.4 Å². The number of aryl methyl sites for hydroxylation is 1. The zero-order valence-corrected chi connectivity index (χ0v) is 17.6. The van der Waals surface area contributed by atoms with Crippen LogP contribution in [0.25, 0.3) is 5.57 Å². The first-order valence-corrected chi connectivity index (χ1v) is 10.9. The van der Waals surface area contributed by atoms with Crippen molar-refractivity contribution in [2.45, 2.75) is 39.0 Å². The maximum atomic E-state index is 13.5. The molecule has 0 N–H and O–H groups in total. The lowest BCUT2D eigenvalue weighted by molar-refractivity contribution is 0.103. The van der Waals surface area contributed by atoms with Crippen LogP contribution < -0.4 is 4.74 Å². The molecule has 0 spiro atoms. The SMILES string of the molecule is CCCCCOc1ccc(C(=O)C2=C(c3ccccc3)c3ccccc3CC2)cc1. The number of fused-ring (bicyclic) bond motifs is 1. The minimum Gasteiger partial charge on any atom is -0.494 e. The molecule has 1 aliphatic rings. The standard InChI is InChI=1S/C28H28O2/c1-2-3-9-20-30-24-17-14-23(15-18-24)28(29)26-19-16-21-10-7-8-13-25(21)27(26)22-11-5-4-6-12-22/h4-8,10-15,17-18H,2-3,9,16,19-20H2,1H3. The second kappa shape index (κ2) is 9.58. The van der Waals surface area contributed by atoms with Gasteiger partial charge in [-0.2, -0.15) is 0 Å². The number of hydrogen-bond donors (Lipinski definition) is 0. The van der Waals surface area contributed by atoms with E-state index < -0.39 is 0 Å². The summed E-state index contributed by atoms with van der Waals surface area (Å²) in [4.78, 5) is 13.5. The van der Waals surface area contributed by atoms with Crippen molar-refractivity contribution < 1.29 is 9.53 Å². The Morgan fingerprint density at radius 3 is 2.33 bits per heavy atom. The predicted molar refractivity (Wildman–Crippen MR) is 123 cm³/mol. The van der Waals surface area contributed by atoms with Gasteiger partial charge in [-0.05, 0) is 65.8 Å². The fraction of sp³-hybridized carbons (Fsp3) is 0.250. The highest BCUT2D eigenvalue weighted by atomic mass is 16.5. The second-order valence-electron chi connectivity index (χ2n) is 7.79. The first-order valence-electron chi connectivity index (χ1n) is 10.9. The quantitative estimate of drug-likeness (QED) is 0.306. The van der Waals surface area contributed by atoms with E-state index in [0.29, 0.717) is 0 Å². The van der Waals surface area contributed by atoms with Crippen LogP contribution in [0.5, 0.6) is 5.75 Å². The fourth-order valence-corrected chi connectivity index (χ4v) is 4.11. The van der Waals surface area contributed by atoms with Gasteiger partial charge in [0.25, 0.3) is 0 Å². The topological polar surface area (TPSA) is 26.3 Å². The third-order valence-corrected chi connectivity index (χ3v) is 5.70. The Morgan fingerprint density at radius 1 is 0.833 bits per heavy atom. The van der Waals surface area contributed by atoms with Crippen molar-refractivity contribution in [2.24, 2.45) is 0 Å². The highest BCUT2D eigenvalue weighted by Crippen LogP contribution is 2.37. The number of Topliss-reactive ketones (excluding diaryl/α,β-unsaturated/α-hetero) is 1. The molecular weight excluding hydrogens is 368 g/mol. The smallest absolute Gasteiger partial charge is 0.189 e. The predicted octanol–water partition coefficient (Wildman–Crippen LogP) is 6.89. The summed E-state index contributed by atoms with van der Waals surface area (Å²) in [7, 11) is 0. The maximum absolute atomic E-state index is 13.5. The minimum atomic E-state index is 0.112. The lowest BCUT2D eigenvalue weighted by atomic mass is 9.80. The van der Waals surface area contributed by atoms with E-state index in [-0.39, 0.29) is 5.78 Å². The zero-order chi connectivity index (χ0) is 20.8. The fourth-order valence-electron chi connectivity index (χ4n) is 4.11. The number of ketones is 1. The molecule has 0 amide bonds. The first-order chi connectivity index (χ1) is 14.8. The van der Waals surface area contributed by atoms with Crippen molar-refractivity contribution in [1.82, 2.24) is 0 Å². The number of unbranched alkanes of at least 4 members (excludes halogenated alkanes) is 2. The molecular formula is C28H28O2. The summed E-state index contributed by atoms with van der Waals surface area (Å²) in [5.74, 6) is 0.940. The van der Waals surface area contributed by atoms with E-state index in [1.54, 1.807) is 0 Å². The van der Waals surface area contributed by atoms with Crippen LogP contribution in [0.15, 0.2) is 84.4 Å². The Balaban J connectivity index is 1.65. The monoisotopic (exact) mass is 396 g/mol. The molecule has 2 heteroatoms. The third-order valence-electron chi connectivity index (χ3n) is 5.70. The number of hydrogen-bond acceptors (Lipinski definition) is 2. The summed E-state index contributed by atoms with van der Waals surface area (Å²) < 4.78 is 5.80. The highest BCUT2D eigenvalue weighted by molar-refractivity contribution is 6.15. The summed E-state index contributed by atoms with van der Waals surface area (Å²) in [6.45, 7) is 2.91. The van der Waals surface area contributed by atoms with Crippen LogP contribution in [-0.2, 0) is 6.42 Å². The number of carbonyl (C=O) groups is 1. The van der Waals surface area contributed by atoms with Crippen molar-refractivity contribution in [1.29, 1.82) is 0 Å². The maximum Gasteiger partial charge on any atom is 0.189 e. The van der Waals surface area contributed by atoms with Gasteiger partial charge in [0.2, 0.25) is 0 Å². The van der Waals surface area contributed by atoms with Gasteiger partial charge in [-0.3, -0.25) is 4.79 Å². The van der Waals surface area contributed by atoms with E-state index in [1.165, 1.54) is 24.0 Å². The number of benzene rings is 3. The Bertz CT molecular complexity index is 1030. The lowest BCUT2D eigenvalue weighted by Gasteiger charge is -2.23. The molecule has 0 aliphatic heterocycles. The molecule has 4 rings (SSSR count). The van der Waals surface area contributed by atoms with Gasteiger partial charge < -0.3 is 4.74 Å². The van der Waals surface area contributed by atoms with Crippen molar-refractivity contribution >= 4 is 11.4 Å². The van der Waals surface area contributed by atoms with Crippen molar-refractivity contribution in [3.8, 4) is 5.75 Å². The van der Waals surface area contributed by atoms with Gasteiger partial charge in [-0.1, -0.05) is 74.4 Å². The van der Waals surface area contributed by atoms with Gasteiger partial charge in [0.15, 0.2) is 5.78 Å². The van der Waals surface area contributed by atoms with E-state index in [0.717, 1.165) is 53.9 Å². The summed E-state index contributed by atoms with van der Waals surface area (Å²) >= 11 is 0. The largest absolute Gasteiger partial charge is 0.494 e. The van der Waals surface area contributed by atoms with Gasteiger partial charge in [0.1, 0.15) is 5.75 Å². The molecule has 3 aromatic carbocycles. The van der Waals surface area contributed by atoms with Crippen LogP contribution in [0, 0.1) is 0 Å². The number of allylic oxidation sites excluding steroid dienone is 1. The lowest BCUT2D eigenvalue weighted by Crippen LogP contribution is -2.13.